The number of amides is 2. The smallest absolute Gasteiger partial charge is 0.254 e. The van der Waals surface area contributed by atoms with Crippen LogP contribution in [0.1, 0.15) is 45.9 Å². The zero-order valence-electron chi connectivity index (χ0n) is 19.5. The second-order valence-electron chi connectivity index (χ2n) is 8.92. The maximum atomic E-state index is 14.1. The maximum absolute atomic E-state index is 14.1. The molecule has 0 radical (unpaired) electrons. The third kappa shape index (κ3) is 3.55. The van der Waals surface area contributed by atoms with E-state index < -0.39 is 5.92 Å². The summed E-state index contributed by atoms with van der Waals surface area (Å²) in [4.78, 5) is 33.8. The topological polar surface area (TPSA) is 62.3 Å². The van der Waals surface area contributed by atoms with Crippen molar-refractivity contribution in [3.63, 3.8) is 0 Å². The third-order valence-electron chi connectivity index (χ3n) is 7.42. The van der Waals surface area contributed by atoms with E-state index in [4.69, 9.17) is 9.47 Å². The van der Waals surface area contributed by atoms with Gasteiger partial charge >= 0.3 is 0 Å². The normalized spacial score (nSPS) is 22.3. The Morgan fingerprint density at radius 1 is 0.970 bits per heavy atom. The van der Waals surface area contributed by atoms with Gasteiger partial charge in [0.25, 0.3) is 5.91 Å². The minimum absolute atomic E-state index is 0.00381. The predicted octanol–water partition coefficient (Wildman–Crippen LogP) is 2.70. The lowest BCUT2D eigenvalue weighted by atomic mass is 9.75. The van der Waals surface area contributed by atoms with E-state index in [9.17, 15) is 9.59 Å². The molecule has 2 aromatic rings. The third-order valence-corrected chi connectivity index (χ3v) is 7.42. The number of carbonyl (C=O) groups excluding carboxylic acids is 2. The highest BCUT2D eigenvalue weighted by Gasteiger charge is 2.47. The van der Waals surface area contributed by atoms with Gasteiger partial charge in [0.05, 0.1) is 26.2 Å². The van der Waals surface area contributed by atoms with Gasteiger partial charge in [-0.25, -0.2) is 0 Å². The first-order chi connectivity index (χ1) is 16.1. The van der Waals surface area contributed by atoms with Crippen molar-refractivity contribution in [1.29, 1.82) is 0 Å². The van der Waals surface area contributed by atoms with E-state index in [2.05, 4.69) is 11.8 Å². The van der Waals surface area contributed by atoms with Crippen LogP contribution in [-0.2, 0) is 11.2 Å². The Morgan fingerprint density at radius 3 is 2.36 bits per heavy atom. The molecule has 0 bridgehead atoms. The summed E-state index contributed by atoms with van der Waals surface area (Å²) in [5.41, 5.74) is 3.56. The van der Waals surface area contributed by atoms with Gasteiger partial charge in [0, 0.05) is 38.3 Å². The molecule has 3 heterocycles. The van der Waals surface area contributed by atoms with Crippen LogP contribution in [0.4, 0.5) is 0 Å². The van der Waals surface area contributed by atoms with Crippen LogP contribution in [-0.4, -0.2) is 80.0 Å². The van der Waals surface area contributed by atoms with Crippen LogP contribution >= 0.6 is 0 Å². The van der Waals surface area contributed by atoms with E-state index in [-0.39, 0.29) is 17.9 Å². The summed E-state index contributed by atoms with van der Waals surface area (Å²) < 4.78 is 11.1. The summed E-state index contributed by atoms with van der Waals surface area (Å²) in [6, 6.07) is 11.2. The number of piperazine rings is 1. The number of benzene rings is 2. The van der Waals surface area contributed by atoms with Gasteiger partial charge in [0.1, 0.15) is 0 Å². The van der Waals surface area contributed by atoms with Crippen molar-refractivity contribution in [3.05, 3.63) is 58.7 Å². The van der Waals surface area contributed by atoms with Crippen molar-refractivity contribution in [2.24, 2.45) is 0 Å². The van der Waals surface area contributed by atoms with Gasteiger partial charge in [-0.05, 0) is 47.9 Å². The average molecular weight is 450 g/mol. The minimum atomic E-state index is -0.441. The predicted molar refractivity (Wildman–Crippen MR) is 125 cm³/mol. The SMILES string of the molecule is CCN1CCN(C(=O)[C@H]2c3ccccc3C(=O)N3CCc4cc(OC)c(OC)cc4[C@H]23)CC1. The van der Waals surface area contributed by atoms with Crippen LogP contribution in [0.25, 0.3) is 0 Å². The van der Waals surface area contributed by atoms with Crippen LogP contribution in [0.3, 0.4) is 0 Å². The van der Waals surface area contributed by atoms with E-state index in [0.29, 0.717) is 36.7 Å². The van der Waals surface area contributed by atoms with Gasteiger partial charge in [0.15, 0.2) is 11.5 Å². The van der Waals surface area contributed by atoms with Crippen LogP contribution < -0.4 is 9.47 Å². The van der Waals surface area contributed by atoms with Crippen LogP contribution in [0.5, 0.6) is 11.5 Å². The second kappa shape index (κ2) is 8.71. The lowest BCUT2D eigenvalue weighted by molar-refractivity contribution is -0.136. The molecule has 0 N–H and O–H groups in total. The fourth-order valence-corrected chi connectivity index (χ4v) is 5.60. The molecule has 0 aromatic heterocycles. The first-order valence-electron chi connectivity index (χ1n) is 11.7. The Kier molecular flexibility index (Phi) is 5.74. The quantitative estimate of drug-likeness (QED) is 0.718. The largest absolute Gasteiger partial charge is 0.493 e. The molecule has 3 aliphatic rings. The lowest BCUT2D eigenvalue weighted by Crippen LogP contribution is -2.54. The van der Waals surface area contributed by atoms with Gasteiger partial charge in [0.2, 0.25) is 5.91 Å². The van der Waals surface area contributed by atoms with E-state index in [1.54, 1.807) is 14.2 Å². The molecule has 5 rings (SSSR count). The summed E-state index contributed by atoms with van der Waals surface area (Å²) in [6.07, 6.45) is 0.718. The highest BCUT2D eigenvalue weighted by Crippen LogP contribution is 2.48. The molecule has 0 saturated carbocycles. The summed E-state index contributed by atoms with van der Waals surface area (Å²) in [7, 11) is 3.24. The molecule has 7 nitrogen and oxygen atoms in total. The maximum Gasteiger partial charge on any atom is 0.254 e. The molecule has 7 heteroatoms. The molecule has 2 amide bonds. The molecule has 2 aromatic carbocycles. The van der Waals surface area contributed by atoms with Gasteiger partial charge in [-0.15, -0.1) is 0 Å². The highest BCUT2D eigenvalue weighted by atomic mass is 16.5. The Balaban J connectivity index is 1.62. The Morgan fingerprint density at radius 2 is 1.67 bits per heavy atom. The van der Waals surface area contributed by atoms with Crippen LogP contribution in [0, 0.1) is 0 Å². The number of likely N-dealkylation sites (N-methyl/N-ethyl adjacent to an activating group) is 1. The number of ether oxygens (including phenoxy) is 2. The average Bonchev–Trinajstić information content (AvgIpc) is 2.87. The Bertz CT molecular complexity index is 1080. The molecule has 2 atom stereocenters. The van der Waals surface area contributed by atoms with E-state index in [0.717, 1.165) is 42.7 Å². The number of carbonyl (C=O) groups is 2. The molecule has 33 heavy (non-hydrogen) atoms. The molecule has 0 aliphatic carbocycles. The second-order valence-corrected chi connectivity index (χ2v) is 8.92. The van der Waals surface area contributed by atoms with Crippen molar-refractivity contribution in [3.8, 4) is 11.5 Å². The molecule has 1 fully saturated rings. The minimum Gasteiger partial charge on any atom is -0.493 e. The number of hydrogen-bond acceptors (Lipinski definition) is 5. The van der Waals surface area contributed by atoms with Crippen molar-refractivity contribution >= 4 is 11.8 Å². The number of hydrogen-bond donors (Lipinski definition) is 0. The number of nitrogens with zero attached hydrogens (tertiary/aromatic N) is 3. The van der Waals surface area contributed by atoms with E-state index in [1.165, 1.54) is 0 Å². The first kappa shape index (κ1) is 21.8. The standard InChI is InChI=1S/C26H31N3O4/c1-4-27-11-13-28(14-12-27)26(31)23-18-7-5-6-8-19(18)25(30)29-10-9-17-15-21(32-2)22(33-3)16-20(17)24(23)29/h5-8,15-16,23-24H,4,9-14H2,1-3H3/t23-,24+/m0/s1. The van der Waals surface area contributed by atoms with Gasteiger partial charge in [-0.3, -0.25) is 9.59 Å². The molecule has 3 aliphatic heterocycles. The number of rotatable bonds is 4. The zero-order valence-corrected chi connectivity index (χ0v) is 19.5. The fraction of sp³-hybridized carbons (Fsp3) is 0.462. The molecule has 0 spiro atoms. The Labute approximate surface area is 194 Å². The van der Waals surface area contributed by atoms with Crippen molar-refractivity contribution in [1.82, 2.24) is 14.7 Å². The van der Waals surface area contributed by atoms with E-state index in [1.807, 2.05) is 46.2 Å². The number of fused-ring (bicyclic) bond motifs is 4. The number of methoxy groups -OCH3 is 2. The monoisotopic (exact) mass is 449 g/mol. The molecule has 174 valence electrons. The summed E-state index contributed by atoms with van der Waals surface area (Å²) in [5.74, 6) is 0.946. The molecule has 0 unspecified atom stereocenters. The van der Waals surface area contributed by atoms with Gasteiger partial charge < -0.3 is 24.2 Å². The van der Waals surface area contributed by atoms with E-state index >= 15 is 0 Å². The molecule has 1 saturated heterocycles. The Hall–Kier alpha value is -3.06. The van der Waals surface area contributed by atoms with Crippen LogP contribution in [0.15, 0.2) is 36.4 Å². The summed E-state index contributed by atoms with van der Waals surface area (Å²) in [5, 5.41) is 0. The molecular formula is C26H31N3O4. The van der Waals surface area contributed by atoms with Crippen LogP contribution in [0.2, 0.25) is 0 Å². The van der Waals surface area contributed by atoms with Gasteiger partial charge in [-0.2, -0.15) is 0 Å². The fourth-order valence-electron chi connectivity index (χ4n) is 5.60. The summed E-state index contributed by atoms with van der Waals surface area (Å²) >= 11 is 0. The summed E-state index contributed by atoms with van der Waals surface area (Å²) in [6.45, 7) is 6.91. The van der Waals surface area contributed by atoms with Crippen molar-refractivity contribution in [2.45, 2.75) is 25.3 Å². The lowest BCUT2D eigenvalue weighted by Gasteiger charge is -2.47. The highest BCUT2D eigenvalue weighted by molar-refractivity contribution is 6.01. The molecular weight excluding hydrogens is 418 g/mol. The van der Waals surface area contributed by atoms with Crippen molar-refractivity contribution in [2.75, 3.05) is 53.5 Å². The first-order valence-corrected chi connectivity index (χ1v) is 11.7. The van der Waals surface area contributed by atoms with Crippen molar-refractivity contribution < 1.29 is 19.1 Å². The zero-order chi connectivity index (χ0) is 23.1. The van der Waals surface area contributed by atoms with Gasteiger partial charge in [-0.1, -0.05) is 25.1 Å².